The van der Waals surface area contributed by atoms with E-state index in [1.54, 1.807) is 30.3 Å². The van der Waals surface area contributed by atoms with E-state index in [0.29, 0.717) is 17.5 Å². The fraction of sp³-hybridized carbons (Fsp3) is 0.211. The van der Waals surface area contributed by atoms with Crippen LogP contribution >= 0.6 is 0 Å². The first-order chi connectivity index (χ1) is 13.4. The number of rotatable bonds is 6. The van der Waals surface area contributed by atoms with Gasteiger partial charge in [-0.15, -0.1) is 0 Å². The second-order valence-electron chi connectivity index (χ2n) is 6.76. The highest BCUT2D eigenvalue weighted by atomic mass is 32.2. The Labute approximate surface area is 162 Å². The van der Waals surface area contributed by atoms with Crippen molar-refractivity contribution in [3.05, 3.63) is 70.8 Å². The highest BCUT2D eigenvalue weighted by Crippen LogP contribution is 2.40. The Bertz CT molecular complexity index is 1080. The fourth-order valence-electron chi connectivity index (χ4n) is 3.44. The van der Waals surface area contributed by atoms with Crippen LogP contribution in [0, 0.1) is 22.0 Å². The number of nitrogens with zero attached hydrogens (tertiary/aromatic N) is 2. The van der Waals surface area contributed by atoms with Crippen LogP contribution in [0.4, 0.5) is 17.1 Å². The molecule has 0 radical (unpaired) electrons. The van der Waals surface area contributed by atoms with Crippen LogP contribution in [0.5, 0.6) is 0 Å². The minimum Gasteiger partial charge on any atom is -0.280 e. The molecule has 0 saturated heterocycles. The molecule has 0 bridgehead atoms. The first kappa shape index (κ1) is 18.2. The van der Waals surface area contributed by atoms with Crippen LogP contribution in [-0.2, 0) is 10.0 Å². The maximum absolute atomic E-state index is 12.5. The van der Waals surface area contributed by atoms with Crippen LogP contribution < -0.4 is 10.1 Å². The van der Waals surface area contributed by atoms with E-state index in [2.05, 4.69) is 27.4 Å². The van der Waals surface area contributed by atoms with Gasteiger partial charge in [-0.1, -0.05) is 30.4 Å². The average molecular weight is 398 g/mol. The Hall–Kier alpha value is -3.20. The summed E-state index contributed by atoms with van der Waals surface area (Å²) < 4.78 is 27.5. The van der Waals surface area contributed by atoms with Gasteiger partial charge in [0.15, 0.2) is 0 Å². The number of para-hydroxylation sites is 1. The van der Waals surface area contributed by atoms with Gasteiger partial charge in [0.1, 0.15) is 5.69 Å². The van der Waals surface area contributed by atoms with Crippen LogP contribution in [0.1, 0.15) is 12.8 Å². The number of hydrazone groups is 1. The minimum atomic E-state index is -3.95. The predicted octanol–water partition coefficient (Wildman–Crippen LogP) is 3.76. The van der Waals surface area contributed by atoms with Crippen molar-refractivity contribution in [2.75, 3.05) is 10.1 Å². The van der Waals surface area contributed by atoms with Crippen molar-refractivity contribution in [1.82, 2.24) is 0 Å². The number of nitro benzene ring substituents is 1. The summed E-state index contributed by atoms with van der Waals surface area (Å²) >= 11 is 0. The topological polar surface area (TPSA) is 114 Å². The van der Waals surface area contributed by atoms with Crippen LogP contribution in [0.25, 0.3) is 0 Å². The highest BCUT2D eigenvalue weighted by Gasteiger charge is 2.38. The van der Waals surface area contributed by atoms with E-state index in [1.807, 2.05) is 0 Å². The first-order valence-electron chi connectivity index (χ1n) is 8.79. The summed E-state index contributed by atoms with van der Waals surface area (Å²) in [6.07, 6.45) is 6.08. The minimum absolute atomic E-state index is 0.158. The van der Waals surface area contributed by atoms with E-state index >= 15 is 0 Å². The second-order valence-corrected chi connectivity index (χ2v) is 8.44. The second kappa shape index (κ2) is 7.08. The van der Waals surface area contributed by atoms with Crippen LogP contribution in [0.15, 0.2) is 70.7 Å². The molecule has 1 fully saturated rings. The number of allylic oxidation sites excluding steroid dienone is 2. The molecule has 2 aromatic rings. The molecule has 2 aromatic carbocycles. The van der Waals surface area contributed by atoms with E-state index in [-0.39, 0.29) is 16.3 Å². The molecular weight excluding hydrogens is 380 g/mol. The molecule has 4 rings (SSSR count). The largest absolute Gasteiger partial charge is 0.295 e. The Morgan fingerprint density at radius 1 is 1.14 bits per heavy atom. The number of nitro groups is 1. The van der Waals surface area contributed by atoms with Crippen molar-refractivity contribution in [3.8, 4) is 0 Å². The molecule has 0 unspecified atom stereocenters. The third-order valence-corrected chi connectivity index (χ3v) is 6.36. The molecule has 0 spiro atoms. The van der Waals surface area contributed by atoms with Crippen LogP contribution in [0.2, 0.25) is 0 Å². The SMILES string of the molecule is O=[N+]([O-])c1cc(S(=O)(=O)Nc2ccccc2)ccc1N/N=C1/C[C@@H]2C=CC[C@@H]12. The van der Waals surface area contributed by atoms with Crippen molar-refractivity contribution in [2.24, 2.45) is 16.9 Å². The molecule has 144 valence electrons. The average Bonchev–Trinajstić information content (AvgIpc) is 3.03. The quantitative estimate of drug-likeness (QED) is 0.437. The molecule has 0 aromatic heterocycles. The lowest BCUT2D eigenvalue weighted by Crippen LogP contribution is -2.33. The molecule has 9 heteroatoms. The normalized spacial score (nSPS) is 21.8. The molecular formula is C19H18N4O4S. The number of hydrogen-bond acceptors (Lipinski definition) is 6. The molecule has 0 heterocycles. The Morgan fingerprint density at radius 3 is 2.64 bits per heavy atom. The summed E-state index contributed by atoms with van der Waals surface area (Å²) in [5, 5.41) is 15.8. The fourth-order valence-corrected chi connectivity index (χ4v) is 4.52. The van der Waals surface area contributed by atoms with Crippen molar-refractivity contribution >= 4 is 32.8 Å². The van der Waals surface area contributed by atoms with Gasteiger partial charge in [-0.3, -0.25) is 20.3 Å². The third-order valence-electron chi connectivity index (χ3n) is 4.99. The van der Waals surface area contributed by atoms with Gasteiger partial charge in [-0.2, -0.15) is 5.10 Å². The Morgan fingerprint density at radius 2 is 1.93 bits per heavy atom. The molecule has 2 N–H and O–H groups in total. The zero-order valence-electron chi connectivity index (χ0n) is 14.8. The third kappa shape index (κ3) is 3.48. The summed E-state index contributed by atoms with van der Waals surface area (Å²) in [7, 11) is -3.95. The van der Waals surface area contributed by atoms with E-state index < -0.39 is 14.9 Å². The summed E-state index contributed by atoms with van der Waals surface area (Å²) in [5.41, 5.74) is 3.91. The van der Waals surface area contributed by atoms with E-state index in [0.717, 1.165) is 24.6 Å². The molecule has 2 atom stereocenters. The first-order valence-corrected chi connectivity index (χ1v) is 10.3. The maximum atomic E-state index is 12.5. The lowest BCUT2D eigenvalue weighted by atomic mass is 9.74. The van der Waals surface area contributed by atoms with Gasteiger partial charge in [0.2, 0.25) is 0 Å². The molecule has 0 amide bonds. The zero-order valence-corrected chi connectivity index (χ0v) is 15.6. The Kier molecular flexibility index (Phi) is 4.60. The summed E-state index contributed by atoms with van der Waals surface area (Å²) in [5.74, 6) is 0.897. The molecule has 28 heavy (non-hydrogen) atoms. The van der Waals surface area contributed by atoms with Crippen molar-refractivity contribution in [2.45, 2.75) is 17.7 Å². The Balaban J connectivity index is 1.57. The van der Waals surface area contributed by atoms with Gasteiger partial charge in [0, 0.05) is 23.4 Å². The molecule has 2 aliphatic carbocycles. The predicted molar refractivity (Wildman–Crippen MR) is 107 cm³/mol. The monoisotopic (exact) mass is 398 g/mol. The van der Waals surface area contributed by atoms with E-state index in [1.165, 1.54) is 12.1 Å². The van der Waals surface area contributed by atoms with Crippen molar-refractivity contribution < 1.29 is 13.3 Å². The number of nitrogens with one attached hydrogen (secondary N) is 2. The van der Waals surface area contributed by atoms with Gasteiger partial charge < -0.3 is 0 Å². The summed E-state index contributed by atoms with van der Waals surface area (Å²) in [6.45, 7) is 0. The van der Waals surface area contributed by atoms with Gasteiger partial charge in [0.05, 0.1) is 9.82 Å². The molecule has 0 aliphatic heterocycles. The van der Waals surface area contributed by atoms with Gasteiger partial charge in [-0.25, -0.2) is 8.42 Å². The summed E-state index contributed by atoms with van der Waals surface area (Å²) in [4.78, 5) is 10.7. The molecule has 2 aliphatic rings. The summed E-state index contributed by atoms with van der Waals surface area (Å²) in [6, 6.07) is 12.1. The standard InChI is InChI=1S/C19H18N4O4S/c24-23(25)19-12-15(28(26,27)22-14-6-2-1-3-7-14)9-10-17(19)20-21-18-11-13-5-4-8-16(13)18/h1-7,9-10,12-13,16,20,22H,8,11H2/b21-18-/t13-,16+/m0/s1. The van der Waals surface area contributed by atoms with Crippen molar-refractivity contribution in [3.63, 3.8) is 0 Å². The van der Waals surface area contributed by atoms with E-state index in [4.69, 9.17) is 0 Å². The van der Waals surface area contributed by atoms with E-state index in [9.17, 15) is 18.5 Å². The number of anilines is 2. The number of fused-ring (bicyclic) bond motifs is 1. The number of hydrogen-bond donors (Lipinski definition) is 2. The number of benzene rings is 2. The lowest BCUT2D eigenvalue weighted by molar-refractivity contribution is -0.384. The van der Waals surface area contributed by atoms with Gasteiger partial charge in [0.25, 0.3) is 15.7 Å². The van der Waals surface area contributed by atoms with Crippen LogP contribution in [-0.4, -0.2) is 19.1 Å². The smallest absolute Gasteiger partial charge is 0.280 e. The number of sulfonamides is 1. The molecule has 1 saturated carbocycles. The molecule has 8 nitrogen and oxygen atoms in total. The van der Waals surface area contributed by atoms with Gasteiger partial charge in [-0.05, 0) is 43.0 Å². The maximum Gasteiger partial charge on any atom is 0.295 e. The highest BCUT2D eigenvalue weighted by molar-refractivity contribution is 7.92. The van der Waals surface area contributed by atoms with Gasteiger partial charge >= 0.3 is 0 Å². The zero-order chi connectivity index (χ0) is 19.7. The van der Waals surface area contributed by atoms with Crippen molar-refractivity contribution in [1.29, 1.82) is 0 Å². The van der Waals surface area contributed by atoms with Crippen LogP contribution in [0.3, 0.4) is 0 Å². The lowest BCUT2D eigenvalue weighted by Gasteiger charge is -2.31.